The number of rotatable bonds is 3. The van der Waals surface area contributed by atoms with Crippen LogP contribution >= 0.6 is 11.6 Å². The Balaban J connectivity index is 1.85. The molecule has 0 aliphatic carbocycles. The number of nitrogens with one attached hydrogen (secondary N) is 1. The molecule has 24 heavy (non-hydrogen) atoms. The van der Waals surface area contributed by atoms with Crippen LogP contribution in [0.15, 0.2) is 55.1 Å². The Kier molecular flexibility index (Phi) is 3.55. The van der Waals surface area contributed by atoms with Crippen LogP contribution in [0.1, 0.15) is 0 Å². The van der Waals surface area contributed by atoms with E-state index in [0.717, 1.165) is 6.20 Å². The van der Waals surface area contributed by atoms with E-state index in [9.17, 15) is 4.39 Å². The molecule has 118 valence electrons. The molecule has 0 unspecified atom stereocenters. The van der Waals surface area contributed by atoms with E-state index in [1.165, 1.54) is 12.3 Å². The second-order valence-corrected chi connectivity index (χ2v) is 5.40. The van der Waals surface area contributed by atoms with Crippen molar-refractivity contribution in [2.75, 3.05) is 5.32 Å². The number of pyridine rings is 2. The van der Waals surface area contributed by atoms with Gasteiger partial charge in [0.1, 0.15) is 11.2 Å². The Morgan fingerprint density at radius 2 is 2.08 bits per heavy atom. The molecule has 0 aliphatic rings. The third-order valence-electron chi connectivity index (χ3n) is 3.37. The van der Waals surface area contributed by atoms with E-state index < -0.39 is 5.82 Å². The molecule has 8 heteroatoms. The molecule has 0 amide bonds. The van der Waals surface area contributed by atoms with Crippen LogP contribution in [-0.4, -0.2) is 24.6 Å². The van der Waals surface area contributed by atoms with Crippen LogP contribution in [0.2, 0.25) is 5.02 Å². The second-order valence-electron chi connectivity index (χ2n) is 4.96. The van der Waals surface area contributed by atoms with Gasteiger partial charge in [0.2, 0.25) is 5.82 Å². The van der Waals surface area contributed by atoms with E-state index in [4.69, 9.17) is 11.6 Å². The number of anilines is 2. The molecular weight excluding hydrogens is 331 g/mol. The maximum Gasteiger partial charge on any atom is 0.200 e. The zero-order valence-electron chi connectivity index (χ0n) is 12.2. The third-order valence-corrected chi connectivity index (χ3v) is 3.60. The fourth-order valence-electron chi connectivity index (χ4n) is 2.27. The SMILES string of the molecule is Fc1cnccc1Nc1nc(-c2cc(Cl)ccn2)nn2cccc12. The Bertz CT molecular complexity index is 1030. The normalized spacial score (nSPS) is 10.9. The minimum Gasteiger partial charge on any atom is -0.336 e. The topological polar surface area (TPSA) is 68.0 Å². The van der Waals surface area contributed by atoms with Crippen LogP contribution in [0, 0.1) is 5.82 Å². The quantitative estimate of drug-likeness (QED) is 0.615. The number of halogens is 2. The fourth-order valence-corrected chi connectivity index (χ4v) is 2.43. The van der Waals surface area contributed by atoms with Crippen molar-refractivity contribution in [1.29, 1.82) is 0 Å². The summed E-state index contributed by atoms with van der Waals surface area (Å²) in [6.45, 7) is 0. The largest absolute Gasteiger partial charge is 0.336 e. The Hall–Kier alpha value is -3.06. The van der Waals surface area contributed by atoms with Gasteiger partial charge in [-0.15, -0.1) is 5.10 Å². The van der Waals surface area contributed by atoms with Gasteiger partial charge in [0.05, 0.1) is 11.9 Å². The van der Waals surface area contributed by atoms with Crippen molar-refractivity contribution >= 4 is 28.6 Å². The van der Waals surface area contributed by atoms with Crippen molar-refractivity contribution in [1.82, 2.24) is 24.6 Å². The predicted octanol–water partition coefficient (Wildman–Crippen LogP) is 3.72. The molecule has 4 rings (SSSR count). The van der Waals surface area contributed by atoms with Gasteiger partial charge in [0, 0.05) is 23.6 Å². The summed E-state index contributed by atoms with van der Waals surface area (Å²) < 4.78 is 15.5. The van der Waals surface area contributed by atoms with Gasteiger partial charge in [-0.25, -0.2) is 13.9 Å². The van der Waals surface area contributed by atoms with Crippen molar-refractivity contribution in [2.45, 2.75) is 0 Å². The first kappa shape index (κ1) is 14.5. The molecule has 4 aromatic heterocycles. The van der Waals surface area contributed by atoms with Gasteiger partial charge >= 0.3 is 0 Å². The minimum atomic E-state index is -0.469. The average Bonchev–Trinajstić information content (AvgIpc) is 3.06. The average molecular weight is 341 g/mol. The lowest BCUT2D eigenvalue weighted by Crippen LogP contribution is -2.04. The molecule has 0 saturated carbocycles. The van der Waals surface area contributed by atoms with Crippen molar-refractivity contribution in [3.8, 4) is 11.5 Å². The van der Waals surface area contributed by atoms with E-state index in [2.05, 4.69) is 25.4 Å². The summed E-state index contributed by atoms with van der Waals surface area (Å²) in [6, 6.07) is 8.53. The summed E-state index contributed by atoms with van der Waals surface area (Å²) in [6.07, 6.45) is 6.00. The van der Waals surface area contributed by atoms with Crippen molar-refractivity contribution in [3.63, 3.8) is 0 Å². The first-order valence-corrected chi connectivity index (χ1v) is 7.42. The zero-order chi connectivity index (χ0) is 16.5. The predicted molar refractivity (Wildman–Crippen MR) is 88.7 cm³/mol. The maximum atomic E-state index is 13.9. The first-order valence-electron chi connectivity index (χ1n) is 7.04. The van der Waals surface area contributed by atoms with Crippen LogP contribution in [0.3, 0.4) is 0 Å². The van der Waals surface area contributed by atoms with Crippen LogP contribution in [-0.2, 0) is 0 Å². The lowest BCUT2D eigenvalue weighted by molar-refractivity contribution is 0.625. The van der Waals surface area contributed by atoms with Crippen LogP contribution < -0.4 is 5.32 Å². The molecule has 0 radical (unpaired) electrons. The third kappa shape index (κ3) is 2.65. The molecule has 0 fully saturated rings. The molecule has 0 spiro atoms. The lowest BCUT2D eigenvalue weighted by Gasteiger charge is -2.10. The number of aromatic nitrogens is 5. The van der Waals surface area contributed by atoms with Gasteiger partial charge in [-0.3, -0.25) is 9.97 Å². The van der Waals surface area contributed by atoms with E-state index in [1.807, 2.05) is 12.1 Å². The molecular formula is C16H10ClFN6. The minimum absolute atomic E-state index is 0.275. The number of fused-ring (bicyclic) bond motifs is 1. The van der Waals surface area contributed by atoms with E-state index in [0.29, 0.717) is 27.9 Å². The smallest absolute Gasteiger partial charge is 0.200 e. The molecule has 0 atom stereocenters. The Morgan fingerprint density at radius 1 is 1.17 bits per heavy atom. The molecule has 1 N–H and O–H groups in total. The van der Waals surface area contributed by atoms with E-state index in [1.54, 1.807) is 29.0 Å². The summed E-state index contributed by atoms with van der Waals surface area (Å²) in [5.74, 6) is 0.360. The van der Waals surface area contributed by atoms with Gasteiger partial charge in [-0.1, -0.05) is 11.6 Å². The second kappa shape index (κ2) is 5.86. The highest BCUT2D eigenvalue weighted by molar-refractivity contribution is 6.30. The summed E-state index contributed by atoms with van der Waals surface area (Å²) in [4.78, 5) is 12.4. The number of hydrogen-bond acceptors (Lipinski definition) is 5. The van der Waals surface area contributed by atoms with Gasteiger partial charge in [-0.2, -0.15) is 0 Å². The summed E-state index contributed by atoms with van der Waals surface area (Å²) in [7, 11) is 0. The van der Waals surface area contributed by atoms with Gasteiger partial charge in [0.15, 0.2) is 11.6 Å². The monoisotopic (exact) mass is 340 g/mol. The molecule has 4 aromatic rings. The van der Waals surface area contributed by atoms with Crippen LogP contribution in [0.5, 0.6) is 0 Å². The standard InChI is InChI=1S/C16H10ClFN6/c17-10-3-6-20-13(8-10)15-22-16(14-2-1-7-24(14)23-15)21-12-4-5-19-9-11(12)18/h1-9H,(H,19,21,22,23). The highest BCUT2D eigenvalue weighted by Gasteiger charge is 2.12. The Morgan fingerprint density at radius 3 is 2.92 bits per heavy atom. The number of hydrogen-bond donors (Lipinski definition) is 1. The molecule has 0 aliphatic heterocycles. The molecule has 0 aromatic carbocycles. The van der Waals surface area contributed by atoms with Gasteiger partial charge in [0.25, 0.3) is 0 Å². The molecule has 6 nitrogen and oxygen atoms in total. The highest BCUT2D eigenvalue weighted by Crippen LogP contribution is 2.24. The van der Waals surface area contributed by atoms with Gasteiger partial charge < -0.3 is 5.32 Å². The van der Waals surface area contributed by atoms with Gasteiger partial charge in [-0.05, 0) is 30.3 Å². The number of nitrogens with zero attached hydrogens (tertiary/aromatic N) is 5. The highest BCUT2D eigenvalue weighted by atomic mass is 35.5. The lowest BCUT2D eigenvalue weighted by atomic mass is 10.3. The van der Waals surface area contributed by atoms with Crippen molar-refractivity contribution < 1.29 is 4.39 Å². The zero-order valence-corrected chi connectivity index (χ0v) is 12.9. The fraction of sp³-hybridized carbons (Fsp3) is 0. The molecule has 4 heterocycles. The van der Waals surface area contributed by atoms with Crippen molar-refractivity contribution in [3.05, 3.63) is 66.0 Å². The van der Waals surface area contributed by atoms with Crippen molar-refractivity contribution in [2.24, 2.45) is 0 Å². The van der Waals surface area contributed by atoms with Crippen LogP contribution in [0.4, 0.5) is 15.9 Å². The van der Waals surface area contributed by atoms with Crippen LogP contribution in [0.25, 0.3) is 17.0 Å². The van der Waals surface area contributed by atoms with E-state index in [-0.39, 0.29) is 5.69 Å². The summed E-state index contributed by atoms with van der Waals surface area (Å²) >= 11 is 6.01. The Labute approximate surface area is 141 Å². The first-order chi connectivity index (χ1) is 11.7. The molecule has 0 saturated heterocycles. The summed E-state index contributed by atoms with van der Waals surface area (Å²) in [5, 5.41) is 7.92. The summed E-state index contributed by atoms with van der Waals surface area (Å²) in [5.41, 5.74) is 1.50. The van der Waals surface area contributed by atoms with E-state index >= 15 is 0 Å². The maximum absolute atomic E-state index is 13.9. The molecule has 0 bridgehead atoms.